The van der Waals surface area contributed by atoms with Crippen LogP contribution in [0.4, 0.5) is 5.69 Å². The Morgan fingerprint density at radius 1 is 1.09 bits per heavy atom. The molecular weight excluding hydrogens is 434 g/mol. The van der Waals surface area contributed by atoms with Gasteiger partial charge in [0, 0.05) is 23.2 Å². The molecule has 0 spiro atoms. The molecule has 1 unspecified atom stereocenters. The Labute approximate surface area is 194 Å². The molecule has 0 radical (unpaired) electrons. The van der Waals surface area contributed by atoms with Crippen molar-refractivity contribution in [3.63, 3.8) is 0 Å². The number of carbonyl (C=O) groups excluding carboxylic acids is 1. The fourth-order valence-corrected chi connectivity index (χ4v) is 6.11. The second-order valence-corrected chi connectivity index (χ2v) is 10.6. The molecule has 2 aliphatic rings. The van der Waals surface area contributed by atoms with Gasteiger partial charge in [-0.2, -0.15) is 0 Å². The number of hydrogen-bond acceptors (Lipinski definition) is 6. The van der Waals surface area contributed by atoms with Crippen LogP contribution in [0.2, 0.25) is 0 Å². The average Bonchev–Trinajstić information content (AvgIpc) is 3.16. The van der Waals surface area contributed by atoms with Crippen molar-refractivity contribution in [2.45, 2.75) is 32.7 Å². The van der Waals surface area contributed by atoms with E-state index in [1.54, 1.807) is 7.11 Å². The Balaban J connectivity index is 1.64. The molecule has 4 aromatic rings. The van der Waals surface area contributed by atoms with Gasteiger partial charge in [-0.05, 0) is 51.9 Å². The maximum Gasteiger partial charge on any atom is 0.396 e. The van der Waals surface area contributed by atoms with Crippen LogP contribution < -0.4 is 15.0 Å². The predicted octanol–water partition coefficient (Wildman–Crippen LogP) is 6.33. The van der Waals surface area contributed by atoms with Gasteiger partial charge in [0.05, 0.1) is 17.9 Å². The van der Waals surface area contributed by atoms with Crippen molar-refractivity contribution in [1.29, 1.82) is 0 Å². The lowest BCUT2D eigenvalue weighted by molar-refractivity contribution is -0.118. The van der Waals surface area contributed by atoms with Gasteiger partial charge >= 0.3 is 4.94 Å². The van der Waals surface area contributed by atoms with Crippen molar-refractivity contribution in [3.05, 3.63) is 75.0 Å². The van der Waals surface area contributed by atoms with Crippen LogP contribution in [0.5, 0.6) is 5.75 Å². The first-order valence-corrected chi connectivity index (χ1v) is 11.8. The number of methoxy groups -OCH3 is 1. The maximum atomic E-state index is 13.6. The maximum absolute atomic E-state index is 13.6. The topological polar surface area (TPSA) is 68.5 Å². The smallest absolute Gasteiger partial charge is 0.396 e. The van der Waals surface area contributed by atoms with E-state index in [0.29, 0.717) is 22.5 Å². The van der Waals surface area contributed by atoms with E-state index < -0.39 is 0 Å². The van der Waals surface area contributed by atoms with Crippen LogP contribution in [0.1, 0.15) is 43.9 Å². The van der Waals surface area contributed by atoms with Gasteiger partial charge in [0.25, 0.3) is 0 Å². The molecule has 1 atom stereocenters. The van der Waals surface area contributed by atoms with Crippen molar-refractivity contribution in [2.24, 2.45) is 5.41 Å². The molecule has 1 aromatic heterocycles. The highest BCUT2D eigenvalue weighted by atomic mass is 32.1. The number of carbonyl (C=O) groups is 1. The van der Waals surface area contributed by atoms with Gasteiger partial charge in [0.2, 0.25) is 0 Å². The van der Waals surface area contributed by atoms with Crippen LogP contribution in [0.15, 0.2) is 63.3 Å². The molecule has 0 saturated heterocycles. The summed E-state index contributed by atoms with van der Waals surface area (Å²) in [6, 6.07) is 16.0. The first-order valence-electron chi connectivity index (χ1n) is 11.0. The molecule has 6 rings (SSSR count). The van der Waals surface area contributed by atoms with Crippen LogP contribution in [-0.4, -0.2) is 12.9 Å². The van der Waals surface area contributed by atoms with Crippen LogP contribution in [0.25, 0.3) is 26.6 Å². The lowest BCUT2D eigenvalue weighted by Crippen LogP contribution is -2.33. The number of hydrogen-bond donors (Lipinski definition) is 1. The minimum Gasteiger partial charge on any atom is -0.493 e. The molecule has 2 heterocycles. The molecule has 33 heavy (non-hydrogen) atoms. The molecule has 0 bridgehead atoms. The van der Waals surface area contributed by atoms with E-state index >= 15 is 0 Å². The molecule has 0 amide bonds. The van der Waals surface area contributed by atoms with E-state index in [9.17, 15) is 9.59 Å². The zero-order valence-corrected chi connectivity index (χ0v) is 19.5. The standard InChI is InChI=1S/C27H23NO4S/c1-27(2)12-17-22-16-7-5-4-6-14(16)8-9-18(22)28-24(23(17)19(29)13-27)15-10-20(31-3)25-21(11-15)33-26(30)32-25/h4-11,24,28H,12-13H2,1-3H3. The first kappa shape index (κ1) is 20.2. The van der Waals surface area contributed by atoms with E-state index in [2.05, 4.69) is 43.4 Å². The number of benzene rings is 3. The number of ketones is 1. The van der Waals surface area contributed by atoms with Crippen molar-refractivity contribution in [3.8, 4) is 5.75 Å². The van der Waals surface area contributed by atoms with Crippen molar-refractivity contribution >= 4 is 49.4 Å². The molecule has 5 nitrogen and oxygen atoms in total. The van der Waals surface area contributed by atoms with Gasteiger partial charge in [-0.3, -0.25) is 4.79 Å². The number of nitrogens with one attached hydrogen (secondary N) is 1. The first-order chi connectivity index (χ1) is 15.8. The van der Waals surface area contributed by atoms with E-state index in [1.165, 1.54) is 0 Å². The average molecular weight is 458 g/mol. The largest absolute Gasteiger partial charge is 0.493 e. The van der Waals surface area contributed by atoms with E-state index in [0.717, 1.165) is 56.5 Å². The lowest BCUT2D eigenvalue weighted by Gasteiger charge is -2.40. The van der Waals surface area contributed by atoms with Crippen LogP contribution in [-0.2, 0) is 4.79 Å². The fraction of sp³-hybridized carbons (Fsp3) is 0.259. The van der Waals surface area contributed by atoms with Gasteiger partial charge in [-0.1, -0.05) is 55.5 Å². The van der Waals surface area contributed by atoms with E-state index in [4.69, 9.17) is 9.15 Å². The SMILES string of the molecule is COc1cc(C2Nc3ccc4ccccc4c3C3=C2C(=O)CC(C)(C)C3)cc2sc(=O)oc12. The summed E-state index contributed by atoms with van der Waals surface area (Å²) in [4.78, 5) is 25.1. The number of Topliss-reactive ketones (excluding diaryl/α,β-unsaturated/α-hetero) is 1. The number of ether oxygens (including phenoxy) is 1. The number of rotatable bonds is 2. The number of anilines is 1. The summed E-state index contributed by atoms with van der Waals surface area (Å²) >= 11 is 1.05. The summed E-state index contributed by atoms with van der Waals surface area (Å²) in [5.74, 6) is 0.662. The minimum atomic E-state index is -0.371. The fourth-order valence-electron chi connectivity index (χ4n) is 5.37. The third-order valence-corrected chi connectivity index (χ3v) is 7.49. The summed E-state index contributed by atoms with van der Waals surface area (Å²) in [6.45, 7) is 4.32. The summed E-state index contributed by atoms with van der Waals surface area (Å²) in [5.41, 5.74) is 5.29. The highest BCUT2D eigenvalue weighted by Crippen LogP contribution is 2.52. The summed E-state index contributed by atoms with van der Waals surface area (Å²) in [6.07, 6.45) is 1.33. The quantitative estimate of drug-likeness (QED) is 0.381. The molecule has 1 N–H and O–H groups in total. The van der Waals surface area contributed by atoms with Crippen molar-refractivity contribution < 1.29 is 13.9 Å². The second-order valence-electron chi connectivity index (χ2n) is 9.62. The highest BCUT2D eigenvalue weighted by Gasteiger charge is 2.41. The van der Waals surface area contributed by atoms with Gasteiger partial charge in [-0.25, -0.2) is 4.79 Å². The molecule has 3 aromatic carbocycles. The normalized spacial score (nSPS) is 19.4. The lowest BCUT2D eigenvalue weighted by atomic mass is 9.68. The zero-order valence-electron chi connectivity index (χ0n) is 18.7. The molecule has 0 fully saturated rings. The van der Waals surface area contributed by atoms with E-state index in [-0.39, 0.29) is 22.2 Å². The summed E-state index contributed by atoms with van der Waals surface area (Å²) < 4.78 is 11.6. The Morgan fingerprint density at radius 2 is 1.91 bits per heavy atom. The Bertz CT molecular complexity index is 1560. The monoisotopic (exact) mass is 457 g/mol. The Hall–Kier alpha value is -3.38. The second kappa shape index (κ2) is 7.06. The third-order valence-electron chi connectivity index (χ3n) is 6.71. The van der Waals surface area contributed by atoms with Gasteiger partial charge in [0.1, 0.15) is 0 Å². The predicted molar refractivity (Wildman–Crippen MR) is 132 cm³/mol. The van der Waals surface area contributed by atoms with Crippen LogP contribution in [0, 0.1) is 5.41 Å². The van der Waals surface area contributed by atoms with Gasteiger partial charge in [-0.15, -0.1) is 0 Å². The molecule has 0 saturated carbocycles. The minimum absolute atomic E-state index is 0.113. The number of fused-ring (bicyclic) bond motifs is 5. The van der Waals surface area contributed by atoms with E-state index in [1.807, 2.05) is 24.3 Å². The Kier molecular flexibility index (Phi) is 4.33. The molecule has 6 heteroatoms. The summed E-state index contributed by atoms with van der Waals surface area (Å²) in [5, 5.41) is 5.96. The van der Waals surface area contributed by atoms with Crippen LogP contribution >= 0.6 is 11.3 Å². The van der Waals surface area contributed by atoms with Gasteiger partial charge < -0.3 is 14.5 Å². The van der Waals surface area contributed by atoms with Gasteiger partial charge in [0.15, 0.2) is 17.1 Å². The van der Waals surface area contributed by atoms with Crippen LogP contribution in [0.3, 0.4) is 0 Å². The molecule has 1 aliphatic heterocycles. The Morgan fingerprint density at radius 3 is 2.73 bits per heavy atom. The number of allylic oxidation sites excluding steroid dienone is 1. The van der Waals surface area contributed by atoms with Crippen molar-refractivity contribution in [1.82, 2.24) is 0 Å². The summed E-state index contributed by atoms with van der Waals surface area (Å²) in [7, 11) is 1.56. The molecule has 1 aliphatic carbocycles. The molecule has 166 valence electrons. The third kappa shape index (κ3) is 3.12. The van der Waals surface area contributed by atoms with Crippen molar-refractivity contribution in [2.75, 3.05) is 12.4 Å². The molecular formula is C27H23NO4S. The zero-order chi connectivity index (χ0) is 22.9. The highest BCUT2D eigenvalue weighted by molar-refractivity contribution is 7.16.